The second-order valence-electron chi connectivity index (χ2n) is 7.36. The summed E-state index contributed by atoms with van der Waals surface area (Å²) in [6, 6.07) is 18.0. The highest BCUT2D eigenvalue weighted by Crippen LogP contribution is 2.43. The molecule has 0 spiro atoms. The lowest BCUT2D eigenvalue weighted by Gasteiger charge is -2.27. The number of aliphatic hydroxyl groups is 1. The third-order valence-electron chi connectivity index (χ3n) is 5.44. The minimum Gasteiger partial charge on any atom is -0.507 e. The Morgan fingerprint density at radius 1 is 0.969 bits per heavy atom. The average Bonchev–Trinajstić information content (AvgIpc) is 3.06. The third-order valence-corrected chi connectivity index (χ3v) is 6.18. The number of para-hydroxylation sites is 1. The first-order valence-electron chi connectivity index (χ1n) is 9.79. The van der Waals surface area contributed by atoms with E-state index in [1.807, 2.05) is 19.1 Å². The van der Waals surface area contributed by atoms with Crippen LogP contribution < -0.4 is 9.64 Å². The molecule has 0 radical (unpaired) electrons. The van der Waals surface area contributed by atoms with Gasteiger partial charge in [-0.15, -0.1) is 0 Å². The molecule has 1 saturated heterocycles. The smallest absolute Gasteiger partial charge is 0.300 e. The minimum absolute atomic E-state index is 0.0261. The number of ether oxygens (including phenoxy) is 1. The number of aliphatic hydroxyl groups excluding tert-OH is 1. The molecule has 3 aromatic rings. The van der Waals surface area contributed by atoms with E-state index in [0.717, 1.165) is 5.56 Å². The highest BCUT2D eigenvalue weighted by atomic mass is 35.5. The van der Waals surface area contributed by atoms with Gasteiger partial charge in [-0.25, -0.2) is 0 Å². The first kappa shape index (κ1) is 21.9. The number of Topliss-reactive ketones (excluding diaryl/α,β-unsaturated/α-hetero) is 1. The highest BCUT2D eigenvalue weighted by Gasteiger charge is 2.47. The zero-order chi connectivity index (χ0) is 23.0. The number of rotatable bonds is 4. The molecule has 3 aromatic carbocycles. The van der Waals surface area contributed by atoms with Crippen LogP contribution in [0.15, 0.2) is 72.3 Å². The predicted octanol–water partition coefficient (Wildman–Crippen LogP) is 5.94. The Hall–Kier alpha value is -3.28. The van der Waals surface area contributed by atoms with Crippen LogP contribution in [0.2, 0.25) is 10.0 Å². The number of aryl methyl sites for hydroxylation is 1. The Kier molecular flexibility index (Phi) is 5.96. The lowest BCUT2D eigenvalue weighted by atomic mass is 9.95. The number of hydrogen-bond acceptors (Lipinski definition) is 4. The van der Waals surface area contributed by atoms with Gasteiger partial charge >= 0.3 is 0 Å². The van der Waals surface area contributed by atoms with Crippen molar-refractivity contribution in [3.8, 4) is 5.75 Å². The summed E-state index contributed by atoms with van der Waals surface area (Å²) in [4.78, 5) is 27.8. The van der Waals surface area contributed by atoms with E-state index in [0.29, 0.717) is 27.6 Å². The van der Waals surface area contributed by atoms with E-state index in [-0.39, 0.29) is 16.4 Å². The van der Waals surface area contributed by atoms with E-state index in [1.165, 1.54) is 17.0 Å². The number of hydrogen-bond donors (Lipinski definition) is 1. The molecule has 4 rings (SSSR count). The molecule has 0 bridgehead atoms. The standard InChI is InChI=1S/C25H19Cl2NO4/c1-14-5-3-4-6-20(14)28-22(15-7-10-17(32-2)11-8-15)21(24(30)25(28)31)23(29)16-9-12-18(26)19(27)13-16/h3-13,22,29H,1-2H3/b23-21-. The third kappa shape index (κ3) is 3.74. The van der Waals surface area contributed by atoms with Crippen LogP contribution >= 0.6 is 23.2 Å². The van der Waals surface area contributed by atoms with Crippen LogP contribution in [0.5, 0.6) is 5.75 Å². The molecule has 1 aliphatic heterocycles. The number of anilines is 1. The van der Waals surface area contributed by atoms with Gasteiger partial charge in [-0.2, -0.15) is 0 Å². The number of nitrogens with zero attached hydrogens (tertiary/aromatic N) is 1. The number of benzene rings is 3. The molecular weight excluding hydrogens is 449 g/mol. The van der Waals surface area contributed by atoms with Crippen LogP contribution in [0.25, 0.3) is 5.76 Å². The Labute approximate surface area is 195 Å². The fourth-order valence-electron chi connectivity index (χ4n) is 3.82. The summed E-state index contributed by atoms with van der Waals surface area (Å²) in [5, 5.41) is 11.7. The fraction of sp³-hybridized carbons (Fsp3) is 0.120. The van der Waals surface area contributed by atoms with Gasteiger partial charge in [0.15, 0.2) is 0 Å². The fourth-order valence-corrected chi connectivity index (χ4v) is 4.11. The van der Waals surface area contributed by atoms with E-state index in [2.05, 4.69) is 0 Å². The van der Waals surface area contributed by atoms with Gasteiger partial charge in [0, 0.05) is 11.3 Å². The van der Waals surface area contributed by atoms with Gasteiger partial charge in [-0.1, -0.05) is 53.5 Å². The van der Waals surface area contributed by atoms with Crippen molar-refractivity contribution < 1.29 is 19.4 Å². The van der Waals surface area contributed by atoms with Crippen LogP contribution in [0, 0.1) is 6.92 Å². The van der Waals surface area contributed by atoms with Crippen molar-refractivity contribution in [1.29, 1.82) is 0 Å². The van der Waals surface area contributed by atoms with Crippen LogP contribution in [0.1, 0.15) is 22.7 Å². The van der Waals surface area contributed by atoms with Gasteiger partial charge in [0.2, 0.25) is 0 Å². The maximum Gasteiger partial charge on any atom is 0.300 e. The molecule has 1 atom stereocenters. The summed E-state index contributed by atoms with van der Waals surface area (Å²) in [6.07, 6.45) is 0. The molecule has 0 aliphatic carbocycles. The van der Waals surface area contributed by atoms with E-state index in [4.69, 9.17) is 27.9 Å². The number of methoxy groups -OCH3 is 1. The van der Waals surface area contributed by atoms with Crippen molar-refractivity contribution in [1.82, 2.24) is 0 Å². The van der Waals surface area contributed by atoms with E-state index < -0.39 is 17.7 Å². The second kappa shape index (κ2) is 8.69. The molecule has 0 aromatic heterocycles. The van der Waals surface area contributed by atoms with Crippen molar-refractivity contribution >= 4 is 46.3 Å². The number of carbonyl (C=O) groups excluding carboxylic acids is 2. The van der Waals surface area contributed by atoms with Crippen LogP contribution in [0.4, 0.5) is 5.69 Å². The molecule has 0 saturated carbocycles. The molecule has 32 heavy (non-hydrogen) atoms. The Morgan fingerprint density at radius 2 is 1.66 bits per heavy atom. The van der Waals surface area contributed by atoms with E-state index >= 15 is 0 Å². The maximum absolute atomic E-state index is 13.2. The average molecular weight is 468 g/mol. The van der Waals surface area contributed by atoms with E-state index in [9.17, 15) is 14.7 Å². The normalized spacial score (nSPS) is 17.6. The maximum atomic E-state index is 13.2. The van der Waals surface area contributed by atoms with Crippen molar-refractivity contribution in [3.63, 3.8) is 0 Å². The SMILES string of the molecule is COc1ccc(C2/C(=C(/O)c3ccc(Cl)c(Cl)c3)C(=O)C(=O)N2c2ccccc2C)cc1. The Bertz CT molecular complexity index is 1250. The quantitative estimate of drug-likeness (QED) is 0.293. The van der Waals surface area contributed by atoms with Crippen LogP contribution in [0.3, 0.4) is 0 Å². The molecule has 1 heterocycles. The number of carbonyl (C=O) groups is 2. The van der Waals surface area contributed by atoms with Crippen LogP contribution in [-0.2, 0) is 9.59 Å². The lowest BCUT2D eigenvalue weighted by molar-refractivity contribution is -0.132. The molecule has 1 amide bonds. The first-order chi connectivity index (χ1) is 15.3. The van der Waals surface area contributed by atoms with E-state index in [1.54, 1.807) is 49.6 Å². The predicted molar refractivity (Wildman–Crippen MR) is 125 cm³/mol. The number of halogens is 2. The molecule has 1 aliphatic rings. The molecule has 162 valence electrons. The van der Waals surface area contributed by atoms with Gasteiger partial charge in [0.1, 0.15) is 11.5 Å². The van der Waals surface area contributed by atoms with Gasteiger partial charge in [0.05, 0.1) is 28.8 Å². The highest BCUT2D eigenvalue weighted by molar-refractivity contribution is 6.52. The molecule has 7 heteroatoms. The summed E-state index contributed by atoms with van der Waals surface area (Å²) < 4.78 is 5.24. The van der Waals surface area contributed by atoms with Crippen molar-refractivity contribution in [2.24, 2.45) is 0 Å². The molecule has 1 N–H and O–H groups in total. The number of ketones is 1. The summed E-state index contributed by atoms with van der Waals surface area (Å²) in [7, 11) is 1.55. The van der Waals surface area contributed by atoms with Gasteiger partial charge in [-0.05, 0) is 54.4 Å². The molecule has 1 fully saturated rings. The zero-order valence-electron chi connectivity index (χ0n) is 17.3. The largest absolute Gasteiger partial charge is 0.507 e. The van der Waals surface area contributed by atoms with Crippen LogP contribution in [-0.4, -0.2) is 23.9 Å². The summed E-state index contributed by atoms with van der Waals surface area (Å²) >= 11 is 12.1. The molecule has 1 unspecified atom stereocenters. The zero-order valence-corrected chi connectivity index (χ0v) is 18.8. The van der Waals surface area contributed by atoms with Crippen molar-refractivity contribution in [2.75, 3.05) is 12.0 Å². The summed E-state index contributed by atoms with van der Waals surface area (Å²) in [5.41, 5.74) is 2.32. The molecule has 5 nitrogen and oxygen atoms in total. The summed E-state index contributed by atoms with van der Waals surface area (Å²) in [5.74, 6) is -1.19. The van der Waals surface area contributed by atoms with Gasteiger partial charge in [0.25, 0.3) is 11.7 Å². The second-order valence-corrected chi connectivity index (χ2v) is 8.17. The van der Waals surface area contributed by atoms with Crippen molar-refractivity contribution in [3.05, 3.63) is 99.0 Å². The Morgan fingerprint density at radius 3 is 2.28 bits per heavy atom. The summed E-state index contributed by atoms with van der Waals surface area (Å²) in [6.45, 7) is 1.86. The van der Waals surface area contributed by atoms with Crippen molar-refractivity contribution in [2.45, 2.75) is 13.0 Å². The molecular formula is C25H19Cl2NO4. The Balaban J connectivity index is 1.96. The van der Waals surface area contributed by atoms with Gasteiger partial charge < -0.3 is 9.84 Å². The minimum atomic E-state index is -0.837. The first-order valence-corrected chi connectivity index (χ1v) is 10.5. The topological polar surface area (TPSA) is 66.8 Å². The monoisotopic (exact) mass is 467 g/mol. The van der Waals surface area contributed by atoms with Gasteiger partial charge in [-0.3, -0.25) is 14.5 Å². The lowest BCUT2D eigenvalue weighted by Crippen LogP contribution is -2.30. The number of amides is 1.